The van der Waals surface area contributed by atoms with Crippen molar-refractivity contribution in [2.24, 2.45) is 0 Å². The molecule has 0 saturated carbocycles. The van der Waals surface area contributed by atoms with Gasteiger partial charge in [-0.15, -0.1) is 23.7 Å². The third-order valence-corrected chi connectivity index (χ3v) is 7.06. The van der Waals surface area contributed by atoms with Gasteiger partial charge in [0.15, 0.2) is 16.5 Å². The molecule has 1 aliphatic rings. The van der Waals surface area contributed by atoms with Crippen LogP contribution in [-0.2, 0) is 16.6 Å². The van der Waals surface area contributed by atoms with Crippen molar-refractivity contribution < 1.29 is 21.9 Å². The standard InChI is InChI=1S/C21H21F2N3O3S2.ClH/c1-14-18(29-16-7-8-26(11-16)10-15-5-3-2-4-6-15)9-17(22)21(20(14)23)31(27,28)25-19-12-30-13-24-19;/h2-6,9,12-13,16,25H,7-8,10-11H2,1H3;1H/t16-;/m0./s1. The first-order chi connectivity index (χ1) is 14.8. The van der Waals surface area contributed by atoms with Crippen LogP contribution < -0.4 is 9.46 Å². The van der Waals surface area contributed by atoms with E-state index in [0.717, 1.165) is 30.5 Å². The molecule has 0 spiro atoms. The Hall–Kier alpha value is -2.27. The van der Waals surface area contributed by atoms with Gasteiger partial charge in [0.25, 0.3) is 10.0 Å². The lowest BCUT2D eigenvalue weighted by molar-refractivity contribution is 0.195. The van der Waals surface area contributed by atoms with Crippen molar-refractivity contribution >= 4 is 39.6 Å². The number of anilines is 1. The number of sulfonamides is 1. The molecule has 1 atom stereocenters. The van der Waals surface area contributed by atoms with Crippen LogP contribution in [0.5, 0.6) is 5.75 Å². The van der Waals surface area contributed by atoms with Crippen LogP contribution in [0.15, 0.2) is 52.2 Å². The largest absolute Gasteiger partial charge is 0.489 e. The molecule has 0 aliphatic carbocycles. The molecule has 32 heavy (non-hydrogen) atoms. The first-order valence-corrected chi connectivity index (χ1v) is 12.1. The molecule has 1 N–H and O–H groups in total. The Morgan fingerprint density at radius 2 is 2.03 bits per heavy atom. The summed E-state index contributed by atoms with van der Waals surface area (Å²) in [5.41, 5.74) is 2.54. The molecule has 1 fully saturated rings. The quantitative estimate of drug-likeness (QED) is 0.512. The van der Waals surface area contributed by atoms with E-state index in [2.05, 4.69) is 14.6 Å². The smallest absolute Gasteiger partial charge is 0.268 e. The lowest BCUT2D eigenvalue weighted by atomic mass is 10.2. The number of rotatable bonds is 7. The van der Waals surface area contributed by atoms with Gasteiger partial charge in [0, 0.05) is 36.6 Å². The van der Waals surface area contributed by atoms with Crippen LogP contribution in [0.4, 0.5) is 14.6 Å². The molecule has 2 aromatic carbocycles. The van der Waals surface area contributed by atoms with Crippen molar-refractivity contribution in [3.05, 3.63) is 70.1 Å². The number of halogens is 3. The number of hydrogen-bond donors (Lipinski definition) is 1. The molecule has 4 rings (SSSR count). The second kappa shape index (κ2) is 10.1. The minimum atomic E-state index is -4.47. The van der Waals surface area contributed by atoms with Crippen LogP contribution in [0.25, 0.3) is 0 Å². The van der Waals surface area contributed by atoms with Gasteiger partial charge < -0.3 is 4.74 Å². The molecule has 11 heteroatoms. The Bertz CT molecular complexity index is 1160. The summed E-state index contributed by atoms with van der Waals surface area (Å²) in [6.45, 7) is 3.56. The molecule has 0 bridgehead atoms. The highest BCUT2D eigenvalue weighted by molar-refractivity contribution is 7.92. The van der Waals surface area contributed by atoms with Crippen molar-refractivity contribution in [3.63, 3.8) is 0 Å². The van der Waals surface area contributed by atoms with Crippen molar-refractivity contribution in [3.8, 4) is 5.75 Å². The lowest BCUT2D eigenvalue weighted by Crippen LogP contribution is -2.25. The number of benzene rings is 2. The average Bonchev–Trinajstić information content (AvgIpc) is 3.38. The maximum absolute atomic E-state index is 14.9. The van der Waals surface area contributed by atoms with Crippen LogP contribution in [0.3, 0.4) is 0 Å². The van der Waals surface area contributed by atoms with E-state index < -0.39 is 26.6 Å². The zero-order chi connectivity index (χ0) is 22.0. The number of nitrogens with zero attached hydrogens (tertiary/aromatic N) is 2. The van der Waals surface area contributed by atoms with Crippen LogP contribution in [0.1, 0.15) is 17.5 Å². The average molecular weight is 502 g/mol. The van der Waals surface area contributed by atoms with Gasteiger partial charge in [0.2, 0.25) is 0 Å². The first-order valence-electron chi connectivity index (χ1n) is 9.66. The second-order valence-electron chi connectivity index (χ2n) is 7.35. The number of hydrogen-bond acceptors (Lipinski definition) is 6. The summed E-state index contributed by atoms with van der Waals surface area (Å²) >= 11 is 1.16. The van der Waals surface area contributed by atoms with E-state index in [0.29, 0.717) is 13.0 Å². The molecule has 3 aromatic rings. The molecule has 0 unspecified atom stereocenters. The van der Waals surface area contributed by atoms with Crippen molar-refractivity contribution in [2.45, 2.75) is 30.9 Å². The Kier molecular flexibility index (Phi) is 7.71. The predicted molar refractivity (Wildman–Crippen MR) is 122 cm³/mol. The van der Waals surface area contributed by atoms with E-state index in [1.807, 2.05) is 30.3 Å². The molecule has 0 amide bonds. The third kappa shape index (κ3) is 5.37. The Morgan fingerprint density at radius 1 is 1.28 bits per heavy atom. The minimum Gasteiger partial charge on any atom is -0.489 e. The monoisotopic (exact) mass is 501 g/mol. The normalized spacial score (nSPS) is 16.5. The Balaban J connectivity index is 0.00000289. The van der Waals surface area contributed by atoms with E-state index in [-0.39, 0.29) is 35.6 Å². The summed E-state index contributed by atoms with van der Waals surface area (Å²) in [6, 6.07) is 10.9. The number of aromatic nitrogens is 1. The Morgan fingerprint density at radius 3 is 2.72 bits per heavy atom. The molecule has 0 radical (unpaired) electrons. The SMILES string of the molecule is Cc1c(O[C@H]2CCN(Cc3ccccc3)C2)cc(F)c(S(=O)(=O)Nc2cscn2)c1F.Cl. The van der Waals surface area contributed by atoms with Crippen LogP contribution in [0.2, 0.25) is 0 Å². The van der Waals surface area contributed by atoms with Gasteiger partial charge in [-0.1, -0.05) is 30.3 Å². The van der Waals surface area contributed by atoms with Gasteiger partial charge in [-0.2, -0.15) is 0 Å². The molecule has 2 heterocycles. The maximum Gasteiger partial charge on any atom is 0.268 e. The fourth-order valence-electron chi connectivity index (χ4n) is 3.55. The van der Waals surface area contributed by atoms with Crippen LogP contribution >= 0.6 is 23.7 Å². The summed E-state index contributed by atoms with van der Waals surface area (Å²) in [6.07, 6.45) is 0.470. The molecular formula is C21H22ClF2N3O3S2. The number of nitrogens with one attached hydrogen (secondary N) is 1. The summed E-state index contributed by atoms with van der Waals surface area (Å²) in [7, 11) is -4.47. The van der Waals surface area contributed by atoms with E-state index in [4.69, 9.17) is 4.74 Å². The predicted octanol–water partition coefficient (Wildman–Crippen LogP) is 4.61. The molecule has 1 aliphatic heterocycles. The Labute approximate surface area is 195 Å². The number of thiazole rings is 1. The molecular weight excluding hydrogens is 480 g/mol. The minimum absolute atomic E-state index is 0. The fourth-order valence-corrected chi connectivity index (χ4v) is 5.30. The summed E-state index contributed by atoms with van der Waals surface area (Å²) in [4.78, 5) is 4.95. The lowest BCUT2D eigenvalue weighted by Gasteiger charge is -2.19. The van der Waals surface area contributed by atoms with Gasteiger partial charge in [0.05, 0.1) is 5.51 Å². The topological polar surface area (TPSA) is 71.5 Å². The first kappa shape index (κ1) is 24.4. The van der Waals surface area contributed by atoms with E-state index >= 15 is 0 Å². The van der Waals surface area contributed by atoms with Crippen LogP contribution in [0, 0.1) is 18.6 Å². The summed E-state index contributed by atoms with van der Waals surface area (Å²) < 4.78 is 62.5. The van der Waals surface area contributed by atoms with Gasteiger partial charge in [-0.3, -0.25) is 9.62 Å². The van der Waals surface area contributed by atoms with E-state index in [1.54, 1.807) is 0 Å². The molecule has 1 aromatic heterocycles. The van der Waals surface area contributed by atoms with Crippen molar-refractivity contribution in [1.82, 2.24) is 9.88 Å². The summed E-state index contributed by atoms with van der Waals surface area (Å²) in [5.74, 6) is -2.36. The van der Waals surface area contributed by atoms with Gasteiger partial charge >= 0.3 is 0 Å². The van der Waals surface area contributed by atoms with E-state index in [9.17, 15) is 17.2 Å². The molecule has 172 valence electrons. The van der Waals surface area contributed by atoms with Crippen molar-refractivity contribution in [2.75, 3.05) is 17.8 Å². The highest BCUT2D eigenvalue weighted by Crippen LogP contribution is 2.32. The van der Waals surface area contributed by atoms with Crippen LogP contribution in [-0.4, -0.2) is 37.5 Å². The zero-order valence-corrected chi connectivity index (χ0v) is 19.6. The van der Waals surface area contributed by atoms with Gasteiger partial charge in [-0.25, -0.2) is 22.2 Å². The van der Waals surface area contributed by atoms with Gasteiger partial charge in [0.1, 0.15) is 17.7 Å². The highest BCUT2D eigenvalue weighted by Gasteiger charge is 2.30. The molecule has 6 nitrogen and oxygen atoms in total. The highest BCUT2D eigenvalue weighted by atomic mass is 35.5. The molecule has 1 saturated heterocycles. The maximum atomic E-state index is 14.9. The second-order valence-corrected chi connectivity index (χ2v) is 9.69. The summed E-state index contributed by atoms with van der Waals surface area (Å²) in [5, 5.41) is 1.43. The third-order valence-electron chi connectivity index (χ3n) is 5.08. The van der Waals surface area contributed by atoms with Gasteiger partial charge in [-0.05, 0) is 18.9 Å². The number of likely N-dealkylation sites (tertiary alicyclic amines) is 1. The number of ether oxygens (including phenoxy) is 1. The van der Waals surface area contributed by atoms with Crippen molar-refractivity contribution in [1.29, 1.82) is 0 Å². The fraction of sp³-hybridized carbons (Fsp3) is 0.286. The van der Waals surface area contributed by atoms with E-state index in [1.165, 1.54) is 23.4 Å². The zero-order valence-electron chi connectivity index (χ0n) is 17.1.